The van der Waals surface area contributed by atoms with E-state index < -0.39 is 0 Å². The third-order valence-electron chi connectivity index (χ3n) is 3.17. The molecule has 5 heteroatoms. The number of thiazole rings is 1. The minimum Gasteiger partial charge on any atom is -0.345 e. The average Bonchev–Trinajstić information content (AvgIpc) is 2.70. The maximum Gasteiger partial charge on any atom is 0.186 e. The number of fused-ring (bicyclic) bond motifs is 1. The minimum atomic E-state index is 0.504. The van der Waals surface area contributed by atoms with E-state index in [4.69, 9.17) is 16.6 Å². The quantitative estimate of drug-likeness (QED) is 0.870. The number of nitrogens with zero attached hydrogens (tertiary/aromatic N) is 2. The molecule has 1 aliphatic rings. The molecule has 1 aromatic heterocycles. The molecule has 18 heavy (non-hydrogen) atoms. The van der Waals surface area contributed by atoms with Crippen molar-refractivity contribution >= 4 is 38.3 Å². The number of aromatic nitrogens is 1. The lowest BCUT2D eigenvalue weighted by Gasteiger charge is -2.35. The van der Waals surface area contributed by atoms with Gasteiger partial charge in [-0.25, -0.2) is 4.98 Å². The Morgan fingerprint density at radius 3 is 2.78 bits per heavy atom. The molecule has 2 atom stereocenters. The molecule has 1 N–H and O–H groups in total. The number of piperazine rings is 1. The van der Waals surface area contributed by atoms with Crippen molar-refractivity contribution in [1.82, 2.24) is 10.3 Å². The first kappa shape index (κ1) is 12.2. The molecule has 3 rings (SSSR count). The van der Waals surface area contributed by atoms with Gasteiger partial charge in [0.05, 0.1) is 10.2 Å². The lowest BCUT2D eigenvalue weighted by atomic mass is 10.2. The maximum atomic E-state index is 6.02. The first-order chi connectivity index (χ1) is 8.61. The second kappa shape index (κ2) is 4.68. The molecule has 0 saturated carbocycles. The van der Waals surface area contributed by atoms with Crippen LogP contribution < -0.4 is 10.2 Å². The molecule has 0 spiro atoms. The number of anilines is 1. The van der Waals surface area contributed by atoms with Gasteiger partial charge in [0.2, 0.25) is 0 Å². The molecule has 0 radical (unpaired) electrons. The molecule has 1 fully saturated rings. The first-order valence-corrected chi connectivity index (χ1v) is 7.38. The van der Waals surface area contributed by atoms with E-state index in [0.717, 1.165) is 33.5 Å². The Labute approximate surface area is 116 Å². The largest absolute Gasteiger partial charge is 0.345 e. The van der Waals surface area contributed by atoms with Crippen LogP contribution in [-0.2, 0) is 0 Å². The summed E-state index contributed by atoms with van der Waals surface area (Å²) in [4.78, 5) is 7.07. The maximum absolute atomic E-state index is 6.02. The second-order valence-corrected chi connectivity index (χ2v) is 6.43. The highest BCUT2D eigenvalue weighted by Crippen LogP contribution is 2.31. The molecule has 0 aliphatic carbocycles. The Kier molecular flexibility index (Phi) is 3.18. The minimum absolute atomic E-state index is 0.504. The third kappa shape index (κ3) is 2.32. The predicted molar refractivity (Wildman–Crippen MR) is 78.9 cm³/mol. The number of hydrogen-bond donors (Lipinski definition) is 1. The molecule has 1 saturated heterocycles. The molecule has 2 aromatic rings. The van der Waals surface area contributed by atoms with Crippen molar-refractivity contribution in [2.24, 2.45) is 0 Å². The van der Waals surface area contributed by atoms with Gasteiger partial charge < -0.3 is 10.2 Å². The highest BCUT2D eigenvalue weighted by Gasteiger charge is 2.23. The fraction of sp³-hybridized carbons (Fsp3) is 0.462. The number of nitrogens with one attached hydrogen (secondary N) is 1. The van der Waals surface area contributed by atoms with Crippen LogP contribution in [0.25, 0.3) is 10.2 Å². The van der Waals surface area contributed by atoms with Crippen molar-refractivity contribution in [3.63, 3.8) is 0 Å². The number of benzene rings is 1. The van der Waals surface area contributed by atoms with E-state index in [0.29, 0.717) is 12.1 Å². The lowest BCUT2D eigenvalue weighted by Crippen LogP contribution is -2.54. The van der Waals surface area contributed by atoms with E-state index >= 15 is 0 Å². The first-order valence-electron chi connectivity index (χ1n) is 6.19. The Bertz CT molecular complexity index is 558. The Morgan fingerprint density at radius 1 is 1.33 bits per heavy atom. The van der Waals surface area contributed by atoms with Gasteiger partial charge in [0.1, 0.15) is 0 Å². The van der Waals surface area contributed by atoms with Crippen LogP contribution in [0.5, 0.6) is 0 Å². The normalized spacial score (nSPS) is 24.7. The molecule has 0 bridgehead atoms. The van der Waals surface area contributed by atoms with Gasteiger partial charge in [-0.05, 0) is 32.0 Å². The Balaban J connectivity index is 1.93. The standard InChI is InChI=1S/C13H16ClN3S/c1-8-6-17(7-9(2)15-8)13-16-11-4-3-10(14)5-12(11)18-13/h3-5,8-9,15H,6-7H2,1-2H3. The van der Waals surface area contributed by atoms with Gasteiger partial charge in [-0.15, -0.1) is 0 Å². The zero-order valence-corrected chi connectivity index (χ0v) is 12.1. The van der Waals surface area contributed by atoms with Gasteiger partial charge in [-0.2, -0.15) is 0 Å². The molecule has 3 nitrogen and oxygen atoms in total. The molecule has 1 aliphatic heterocycles. The van der Waals surface area contributed by atoms with Gasteiger partial charge in [0.25, 0.3) is 0 Å². The lowest BCUT2D eigenvalue weighted by molar-refractivity contribution is 0.407. The third-order valence-corrected chi connectivity index (χ3v) is 4.48. The van der Waals surface area contributed by atoms with Crippen molar-refractivity contribution in [2.45, 2.75) is 25.9 Å². The summed E-state index contributed by atoms with van der Waals surface area (Å²) in [6.07, 6.45) is 0. The molecule has 1 aromatic carbocycles. The van der Waals surface area contributed by atoms with Crippen molar-refractivity contribution in [2.75, 3.05) is 18.0 Å². The summed E-state index contributed by atoms with van der Waals surface area (Å²) in [5.41, 5.74) is 1.04. The average molecular weight is 282 g/mol. The van der Waals surface area contributed by atoms with E-state index in [2.05, 4.69) is 24.1 Å². The summed E-state index contributed by atoms with van der Waals surface area (Å²) in [5.74, 6) is 0. The molecular formula is C13H16ClN3S. The smallest absolute Gasteiger partial charge is 0.186 e. The number of halogens is 1. The van der Waals surface area contributed by atoms with Gasteiger partial charge >= 0.3 is 0 Å². The summed E-state index contributed by atoms with van der Waals surface area (Å²) < 4.78 is 1.16. The highest BCUT2D eigenvalue weighted by molar-refractivity contribution is 7.22. The summed E-state index contributed by atoms with van der Waals surface area (Å²) in [6, 6.07) is 6.89. The SMILES string of the molecule is CC1CN(c2nc3ccc(Cl)cc3s2)CC(C)N1. The topological polar surface area (TPSA) is 28.2 Å². The van der Waals surface area contributed by atoms with Crippen LogP contribution in [0.1, 0.15) is 13.8 Å². The van der Waals surface area contributed by atoms with E-state index in [1.165, 1.54) is 0 Å². The zero-order chi connectivity index (χ0) is 12.7. The van der Waals surface area contributed by atoms with Crippen LogP contribution >= 0.6 is 22.9 Å². The fourth-order valence-electron chi connectivity index (χ4n) is 2.50. The number of hydrogen-bond acceptors (Lipinski definition) is 4. The Morgan fingerprint density at radius 2 is 2.06 bits per heavy atom. The molecule has 2 heterocycles. The van der Waals surface area contributed by atoms with Crippen LogP contribution in [0.15, 0.2) is 18.2 Å². The highest BCUT2D eigenvalue weighted by atomic mass is 35.5. The summed E-state index contributed by atoms with van der Waals surface area (Å²) in [5, 5.41) is 5.42. The van der Waals surface area contributed by atoms with Crippen molar-refractivity contribution in [3.05, 3.63) is 23.2 Å². The summed E-state index contributed by atoms with van der Waals surface area (Å²) in [6.45, 7) is 6.45. The monoisotopic (exact) mass is 281 g/mol. The zero-order valence-electron chi connectivity index (χ0n) is 10.5. The summed E-state index contributed by atoms with van der Waals surface area (Å²) in [7, 11) is 0. The molecule has 96 valence electrons. The van der Waals surface area contributed by atoms with Crippen LogP contribution in [0.3, 0.4) is 0 Å². The van der Waals surface area contributed by atoms with Crippen LogP contribution in [0.4, 0.5) is 5.13 Å². The van der Waals surface area contributed by atoms with Crippen LogP contribution in [-0.4, -0.2) is 30.2 Å². The van der Waals surface area contributed by atoms with Gasteiger partial charge in [0.15, 0.2) is 5.13 Å². The number of rotatable bonds is 1. The van der Waals surface area contributed by atoms with Gasteiger partial charge in [-0.1, -0.05) is 22.9 Å². The second-order valence-electron chi connectivity index (χ2n) is 4.98. The van der Waals surface area contributed by atoms with Crippen LogP contribution in [0.2, 0.25) is 5.02 Å². The van der Waals surface area contributed by atoms with E-state index in [1.54, 1.807) is 11.3 Å². The predicted octanol–water partition coefficient (Wildman–Crippen LogP) is 3.14. The molecular weight excluding hydrogens is 266 g/mol. The Hall–Kier alpha value is -0.840. The van der Waals surface area contributed by atoms with E-state index in [-0.39, 0.29) is 0 Å². The molecule has 2 unspecified atom stereocenters. The van der Waals surface area contributed by atoms with Crippen molar-refractivity contribution in [1.29, 1.82) is 0 Å². The van der Waals surface area contributed by atoms with Crippen molar-refractivity contribution < 1.29 is 0 Å². The summed E-state index contributed by atoms with van der Waals surface area (Å²) >= 11 is 7.74. The van der Waals surface area contributed by atoms with Gasteiger partial charge in [0, 0.05) is 30.2 Å². The van der Waals surface area contributed by atoms with Crippen molar-refractivity contribution in [3.8, 4) is 0 Å². The molecule has 0 amide bonds. The van der Waals surface area contributed by atoms with E-state index in [1.807, 2.05) is 18.2 Å². The van der Waals surface area contributed by atoms with Gasteiger partial charge in [-0.3, -0.25) is 0 Å². The van der Waals surface area contributed by atoms with Crippen LogP contribution in [0, 0.1) is 0 Å². The fourth-order valence-corrected chi connectivity index (χ4v) is 3.76. The van der Waals surface area contributed by atoms with E-state index in [9.17, 15) is 0 Å².